The third kappa shape index (κ3) is 3.50. The maximum absolute atomic E-state index is 13.7. The van der Waals surface area contributed by atoms with E-state index in [-0.39, 0.29) is 47.8 Å². The van der Waals surface area contributed by atoms with E-state index >= 15 is 0 Å². The van der Waals surface area contributed by atoms with Gasteiger partial charge in [-0.15, -0.1) is 0 Å². The Morgan fingerprint density at radius 1 is 1.17 bits per heavy atom. The number of amides is 2. The van der Waals surface area contributed by atoms with Crippen LogP contribution in [-0.2, 0) is 30.4 Å². The van der Waals surface area contributed by atoms with Gasteiger partial charge in [0.25, 0.3) is 0 Å². The lowest BCUT2D eigenvalue weighted by Crippen LogP contribution is -2.55. The van der Waals surface area contributed by atoms with Crippen LogP contribution in [0.5, 0.6) is 0 Å². The Balaban J connectivity index is 1.40. The number of hydrogen-bond donors (Lipinski definition) is 3. The number of Topliss-reactive ketones (excluding diaryl/α,β-unsaturated/α-hetero) is 2. The van der Waals surface area contributed by atoms with E-state index in [2.05, 4.69) is 10.6 Å². The minimum Gasteiger partial charge on any atom is -0.449 e. The summed E-state index contributed by atoms with van der Waals surface area (Å²) in [6.45, 7) is 3.63. The summed E-state index contributed by atoms with van der Waals surface area (Å²) >= 11 is 0. The van der Waals surface area contributed by atoms with Crippen molar-refractivity contribution in [3.8, 4) is 0 Å². The highest BCUT2D eigenvalue weighted by atomic mass is 16.6. The molecule has 2 saturated heterocycles. The number of nitrogens with one attached hydrogen (secondary N) is 2. The molecule has 0 unspecified atom stereocenters. The standard InChI is InChI=1S/C24H26N4O7/c1-11-4-6-13(7-5-11)9-35-23(32)27-17-12(2)19(29)18-16(20(17)30)14(10-34-22(25)31)24(33-3)21-15(26-21)8-28(18)24/h4-7,14-15,21,26H,8-10H2,1-3H3,(H2,25,31)(H,27,32)/t14-,15+,21+,24-/m0/s1. The third-order valence-electron chi connectivity index (χ3n) is 7.15. The minimum atomic E-state index is -1.09. The number of benzene rings is 1. The number of allylic oxidation sites excluding steroid dienone is 2. The Kier molecular flexibility index (Phi) is 5.41. The van der Waals surface area contributed by atoms with Gasteiger partial charge >= 0.3 is 12.2 Å². The van der Waals surface area contributed by atoms with Crippen LogP contribution in [0.15, 0.2) is 46.8 Å². The second kappa shape index (κ2) is 8.21. The van der Waals surface area contributed by atoms with E-state index in [4.69, 9.17) is 19.9 Å². The topological polar surface area (TPSA) is 159 Å². The van der Waals surface area contributed by atoms with Crippen LogP contribution in [-0.4, -0.2) is 66.7 Å². The summed E-state index contributed by atoms with van der Waals surface area (Å²) < 4.78 is 16.3. The first-order valence-corrected chi connectivity index (χ1v) is 11.2. The molecule has 2 fully saturated rings. The van der Waals surface area contributed by atoms with Crippen molar-refractivity contribution in [1.29, 1.82) is 0 Å². The lowest BCUT2D eigenvalue weighted by atomic mass is 9.82. The number of primary amides is 1. The van der Waals surface area contributed by atoms with Gasteiger partial charge in [-0.05, 0) is 19.4 Å². The SMILES string of the molecule is CO[C@@]12[C@@H]3N[C@@H]3CN1C1=C(C(=O)C(NC(=O)OCc3ccc(C)cc3)=C(C)C1=O)[C@@H]2COC(N)=O. The van der Waals surface area contributed by atoms with E-state index < -0.39 is 35.4 Å². The van der Waals surface area contributed by atoms with Crippen LogP contribution in [0, 0.1) is 12.8 Å². The van der Waals surface area contributed by atoms with Crippen LogP contribution in [0.3, 0.4) is 0 Å². The number of ketones is 2. The molecule has 5 rings (SSSR count). The van der Waals surface area contributed by atoms with Gasteiger partial charge in [0.1, 0.15) is 13.2 Å². The Morgan fingerprint density at radius 3 is 2.54 bits per heavy atom. The lowest BCUT2D eigenvalue weighted by Gasteiger charge is -2.39. The molecule has 184 valence electrons. The molecular weight excluding hydrogens is 456 g/mol. The van der Waals surface area contributed by atoms with Gasteiger partial charge in [0.15, 0.2) is 5.72 Å². The molecule has 0 bridgehead atoms. The summed E-state index contributed by atoms with van der Waals surface area (Å²) in [6.07, 6.45) is -1.87. The molecule has 4 N–H and O–H groups in total. The molecular formula is C24H26N4O7. The van der Waals surface area contributed by atoms with Crippen molar-refractivity contribution < 1.29 is 33.4 Å². The van der Waals surface area contributed by atoms with Gasteiger partial charge in [0.05, 0.1) is 23.4 Å². The minimum absolute atomic E-state index is 0.00109. The monoisotopic (exact) mass is 482 g/mol. The maximum Gasteiger partial charge on any atom is 0.412 e. The molecule has 4 aliphatic rings. The zero-order valence-electron chi connectivity index (χ0n) is 19.5. The van der Waals surface area contributed by atoms with Crippen LogP contribution >= 0.6 is 0 Å². The first kappa shape index (κ1) is 23.1. The van der Waals surface area contributed by atoms with E-state index in [0.717, 1.165) is 11.1 Å². The van der Waals surface area contributed by atoms with Crippen molar-refractivity contribution in [3.05, 3.63) is 57.9 Å². The quantitative estimate of drug-likeness (QED) is 0.390. The van der Waals surface area contributed by atoms with Crippen LogP contribution in [0.4, 0.5) is 9.59 Å². The molecule has 11 heteroatoms. The van der Waals surface area contributed by atoms with E-state index in [1.165, 1.54) is 14.0 Å². The molecule has 3 heterocycles. The van der Waals surface area contributed by atoms with Crippen molar-refractivity contribution >= 4 is 23.8 Å². The summed E-state index contributed by atoms with van der Waals surface area (Å²) in [5.74, 6) is -1.74. The van der Waals surface area contributed by atoms with Crippen molar-refractivity contribution in [2.24, 2.45) is 11.7 Å². The average Bonchev–Trinajstić information content (AvgIpc) is 3.44. The summed E-state index contributed by atoms with van der Waals surface area (Å²) in [6, 6.07) is 7.38. The maximum atomic E-state index is 13.7. The van der Waals surface area contributed by atoms with Crippen molar-refractivity contribution in [1.82, 2.24) is 15.5 Å². The summed E-state index contributed by atoms with van der Waals surface area (Å²) in [7, 11) is 1.49. The average molecular weight is 482 g/mol. The van der Waals surface area contributed by atoms with Gasteiger partial charge in [0.2, 0.25) is 11.6 Å². The zero-order valence-corrected chi connectivity index (χ0v) is 19.5. The van der Waals surface area contributed by atoms with Gasteiger partial charge < -0.3 is 30.2 Å². The molecule has 4 atom stereocenters. The van der Waals surface area contributed by atoms with Crippen molar-refractivity contribution in [3.63, 3.8) is 0 Å². The highest BCUT2D eigenvalue weighted by molar-refractivity contribution is 6.26. The Morgan fingerprint density at radius 2 is 1.89 bits per heavy atom. The number of nitrogens with zero attached hydrogens (tertiary/aromatic N) is 1. The summed E-state index contributed by atoms with van der Waals surface area (Å²) in [4.78, 5) is 52.8. The normalized spacial score (nSPS) is 28.5. The number of carbonyl (C=O) groups is 4. The fraction of sp³-hybridized carbons (Fsp3) is 0.417. The number of carbonyl (C=O) groups excluding carboxylic acids is 4. The number of piperazine rings is 1. The van der Waals surface area contributed by atoms with Crippen LogP contribution in [0.25, 0.3) is 0 Å². The van der Waals surface area contributed by atoms with E-state index in [1.807, 2.05) is 31.2 Å². The number of alkyl carbamates (subject to hydrolysis) is 1. The van der Waals surface area contributed by atoms with Gasteiger partial charge in [-0.25, -0.2) is 9.59 Å². The number of methoxy groups -OCH3 is 1. The number of aryl methyl sites for hydroxylation is 1. The highest BCUT2D eigenvalue weighted by Crippen LogP contribution is 2.55. The fourth-order valence-corrected chi connectivity index (χ4v) is 5.41. The van der Waals surface area contributed by atoms with Gasteiger partial charge in [0, 0.05) is 30.8 Å². The van der Waals surface area contributed by atoms with Crippen LogP contribution < -0.4 is 16.4 Å². The molecule has 0 radical (unpaired) electrons. The first-order chi connectivity index (χ1) is 16.7. The molecule has 0 saturated carbocycles. The molecule has 2 amide bonds. The number of hydrogen-bond acceptors (Lipinski definition) is 9. The fourth-order valence-electron chi connectivity index (χ4n) is 5.41. The van der Waals surface area contributed by atoms with Gasteiger partial charge in [-0.2, -0.15) is 0 Å². The molecule has 11 nitrogen and oxygen atoms in total. The molecule has 1 aliphatic carbocycles. The number of fused-ring (bicyclic) bond motifs is 4. The molecule has 1 aromatic rings. The zero-order chi connectivity index (χ0) is 25.1. The third-order valence-corrected chi connectivity index (χ3v) is 7.15. The van der Waals surface area contributed by atoms with Crippen LogP contribution in [0.1, 0.15) is 18.1 Å². The smallest absolute Gasteiger partial charge is 0.412 e. The molecule has 0 spiro atoms. The van der Waals surface area contributed by atoms with E-state index in [1.54, 1.807) is 4.90 Å². The van der Waals surface area contributed by atoms with Gasteiger partial charge in [-0.1, -0.05) is 29.8 Å². The molecule has 3 aliphatic heterocycles. The van der Waals surface area contributed by atoms with Crippen LogP contribution in [0.2, 0.25) is 0 Å². The molecule has 35 heavy (non-hydrogen) atoms. The molecule has 0 aromatic heterocycles. The largest absolute Gasteiger partial charge is 0.449 e. The van der Waals surface area contributed by atoms with E-state index in [9.17, 15) is 19.2 Å². The predicted molar refractivity (Wildman–Crippen MR) is 120 cm³/mol. The predicted octanol–water partition coefficient (Wildman–Crippen LogP) is 0.625. The first-order valence-electron chi connectivity index (χ1n) is 11.2. The number of nitrogens with two attached hydrogens (primary N) is 1. The second-order valence-corrected chi connectivity index (χ2v) is 9.11. The van der Waals surface area contributed by atoms with Crippen molar-refractivity contribution in [2.75, 3.05) is 20.3 Å². The Hall–Kier alpha value is -3.70. The molecule has 1 aromatic carbocycles. The van der Waals surface area contributed by atoms with Crippen molar-refractivity contribution in [2.45, 2.75) is 38.3 Å². The second-order valence-electron chi connectivity index (χ2n) is 9.11. The number of rotatable bonds is 6. The summed E-state index contributed by atoms with van der Waals surface area (Å²) in [5.41, 5.74) is 6.22. The van der Waals surface area contributed by atoms with Gasteiger partial charge in [-0.3, -0.25) is 14.9 Å². The Bertz CT molecular complexity index is 1200. The number of ether oxygens (including phenoxy) is 3. The summed E-state index contributed by atoms with van der Waals surface area (Å²) in [5, 5.41) is 5.74. The lowest BCUT2D eigenvalue weighted by molar-refractivity contribution is -0.137. The Labute approximate surface area is 201 Å². The van der Waals surface area contributed by atoms with E-state index in [0.29, 0.717) is 6.54 Å². The highest BCUT2D eigenvalue weighted by Gasteiger charge is 2.72.